The van der Waals surface area contributed by atoms with E-state index in [4.69, 9.17) is 21.5 Å². The maximum Gasteiger partial charge on any atom is 0.238 e. The molecular formula is C14H13ClFNO3S. The third-order valence-electron chi connectivity index (χ3n) is 2.87. The summed E-state index contributed by atoms with van der Waals surface area (Å²) in [5, 5.41) is 5.45. The molecule has 0 saturated carbocycles. The number of hydrogen-bond donors (Lipinski definition) is 1. The van der Waals surface area contributed by atoms with Gasteiger partial charge in [0.25, 0.3) is 0 Å². The van der Waals surface area contributed by atoms with E-state index in [2.05, 4.69) is 0 Å². The van der Waals surface area contributed by atoms with Crippen molar-refractivity contribution >= 4 is 21.6 Å². The lowest BCUT2D eigenvalue weighted by molar-refractivity contribution is 0.303. The van der Waals surface area contributed by atoms with Crippen LogP contribution in [0.2, 0.25) is 5.02 Å². The van der Waals surface area contributed by atoms with Crippen molar-refractivity contribution in [2.24, 2.45) is 5.14 Å². The molecule has 0 aliphatic carbocycles. The average Bonchev–Trinajstić information content (AvgIpc) is 2.40. The van der Waals surface area contributed by atoms with Gasteiger partial charge in [0.1, 0.15) is 18.2 Å². The Morgan fingerprint density at radius 1 is 1.24 bits per heavy atom. The Morgan fingerprint density at radius 2 is 1.95 bits per heavy atom. The highest BCUT2D eigenvalue weighted by Gasteiger charge is 2.11. The van der Waals surface area contributed by atoms with Crippen LogP contribution < -0.4 is 9.88 Å². The van der Waals surface area contributed by atoms with E-state index in [0.717, 1.165) is 0 Å². The van der Waals surface area contributed by atoms with Crippen LogP contribution in [0.4, 0.5) is 4.39 Å². The molecule has 0 aromatic heterocycles. The van der Waals surface area contributed by atoms with Gasteiger partial charge in [-0.15, -0.1) is 0 Å². The van der Waals surface area contributed by atoms with Crippen molar-refractivity contribution in [1.82, 2.24) is 0 Å². The number of hydrogen-bond acceptors (Lipinski definition) is 3. The molecule has 0 atom stereocenters. The van der Waals surface area contributed by atoms with Crippen LogP contribution in [-0.2, 0) is 16.6 Å². The summed E-state index contributed by atoms with van der Waals surface area (Å²) in [4.78, 5) is 0.0103. The van der Waals surface area contributed by atoms with Crippen LogP contribution in [0.1, 0.15) is 11.1 Å². The van der Waals surface area contributed by atoms with Crippen LogP contribution in [0.5, 0.6) is 5.75 Å². The molecule has 0 bridgehead atoms. The third-order valence-corrected chi connectivity index (χ3v) is 4.15. The quantitative estimate of drug-likeness (QED) is 0.937. The number of nitrogens with two attached hydrogens (primary N) is 1. The second kappa shape index (κ2) is 6.01. The molecule has 0 fully saturated rings. The van der Waals surface area contributed by atoms with Gasteiger partial charge < -0.3 is 4.74 Å². The van der Waals surface area contributed by atoms with E-state index < -0.39 is 15.8 Å². The fourth-order valence-electron chi connectivity index (χ4n) is 1.77. The van der Waals surface area contributed by atoms with Gasteiger partial charge in [0.2, 0.25) is 10.0 Å². The van der Waals surface area contributed by atoms with Gasteiger partial charge in [0, 0.05) is 10.6 Å². The van der Waals surface area contributed by atoms with Gasteiger partial charge in [-0.25, -0.2) is 17.9 Å². The van der Waals surface area contributed by atoms with E-state index in [1.165, 1.54) is 36.4 Å². The average molecular weight is 330 g/mol. The molecule has 2 N–H and O–H groups in total. The Kier molecular flexibility index (Phi) is 4.51. The molecule has 4 nitrogen and oxygen atoms in total. The van der Waals surface area contributed by atoms with Crippen molar-refractivity contribution in [3.05, 3.63) is 58.4 Å². The van der Waals surface area contributed by atoms with Crippen molar-refractivity contribution in [2.75, 3.05) is 0 Å². The van der Waals surface area contributed by atoms with Crippen LogP contribution in [0.25, 0.3) is 0 Å². The molecule has 2 aromatic carbocycles. The number of rotatable bonds is 4. The first-order chi connectivity index (χ1) is 9.77. The minimum absolute atomic E-state index is 0.0103. The second-order valence-corrected chi connectivity index (χ2v) is 6.47. The van der Waals surface area contributed by atoms with Crippen molar-refractivity contribution in [3.8, 4) is 5.75 Å². The summed E-state index contributed by atoms with van der Waals surface area (Å²) in [5.41, 5.74) is 1.11. The zero-order valence-corrected chi connectivity index (χ0v) is 12.7. The van der Waals surface area contributed by atoms with Crippen molar-refractivity contribution in [3.63, 3.8) is 0 Å². The monoisotopic (exact) mass is 329 g/mol. The molecule has 112 valence electrons. The second-order valence-electron chi connectivity index (χ2n) is 4.50. The fraction of sp³-hybridized carbons (Fsp3) is 0.143. The highest BCUT2D eigenvalue weighted by atomic mass is 35.5. The first-order valence-electron chi connectivity index (χ1n) is 5.97. The number of ether oxygens (including phenoxy) is 1. The first-order valence-corrected chi connectivity index (χ1v) is 7.90. The van der Waals surface area contributed by atoms with Crippen LogP contribution in [0.15, 0.2) is 41.3 Å². The van der Waals surface area contributed by atoms with Crippen LogP contribution in [0.3, 0.4) is 0 Å². The van der Waals surface area contributed by atoms with Crippen molar-refractivity contribution in [2.45, 2.75) is 18.4 Å². The largest absolute Gasteiger partial charge is 0.489 e. The lowest BCUT2D eigenvalue weighted by atomic mass is 10.2. The number of aryl methyl sites for hydroxylation is 1. The standard InChI is InChI=1S/C14H13ClFNO3S/c1-9-6-12(21(17,18)19)3-5-14(9)20-8-10-7-11(16)2-4-13(10)15/h2-7H,8H2,1H3,(H2,17,18,19). The molecule has 2 aromatic rings. The maximum atomic E-state index is 13.1. The van der Waals surface area contributed by atoms with E-state index in [-0.39, 0.29) is 11.5 Å². The van der Waals surface area contributed by atoms with E-state index in [1.54, 1.807) is 6.92 Å². The fourth-order valence-corrected chi connectivity index (χ4v) is 2.54. The highest BCUT2D eigenvalue weighted by molar-refractivity contribution is 7.89. The van der Waals surface area contributed by atoms with E-state index >= 15 is 0 Å². The Labute approximate surface area is 127 Å². The minimum atomic E-state index is -3.75. The molecule has 0 aliphatic rings. The van der Waals surface area contributed by atoms with Crippen LogP contribution in [0, 0.1) is 12.7 Å². The zero-order chi connectivity index (χ0) is 15.6. The molecule has 0 amide bonds. The Balaban J connectivity index is 2.19. The Morgan fingerprint density at radius 3 is 2.57 bits per heavy atom. The van der Waals surface area contributed by atoms with Gasteiger partial charge in [0.15, 0.2) is 0 Å². The number of halogens is 2. The van der Waals surface area contributed by atoms with Crippen molar-refractivity contribution < 1.29 is 17.5 Å². The van der Waals surface area contributed by atoms with E-state index in [9.17, 15) is 12.8 Å². The van der Waals surface area contributed by atoms with Crippen LogP contribution in [-0.4, -0.2) is 8.42 Å². The molecule has 0 saturated heterocycles. The van der Waals surface area contributed by atoms with Gasteiger partial charge >= 0.3 is 0 Å². The first kappa shape index (κ1) is 15.8. The van der Waals surface area contributed by atoms with Gasteiger partial charge in [-0.2, -0.15) is 0 Å². The predicted octanol–water partition coefficient (Wildman–Crippen LogP) is 3.01. The highest BCUT2D eigenvalue weighted by Crippen LogP contribution is 2.24. The molecule has 0 radical (unpaired) electrons. The molecule has 0 unspecified atom stereocenters. The van der Waals surface area contributed by atoms with Crippen molar-refractivity contribution in [1.29, 1.82) is 0 Å². The smallest absolute Gasteiger partial charge is 0.238 e. The molecular weight excluding hydrogens is 317 g/mol. The summed E-state index contributed by atoms with van der Waals surface area (Å²) in [6.07, 6.45) is 0. The molecule has 2 rings (SSSR count). The van der Waals surface area contributed by atoms with Gasteiger partial charge in [-0.05, 0) is 48.9 Å². The molecule has 0 aliphatic heterocycles. The summed E-state index contributed by atoms with van der Waals surface area (Å²) in [7, 11) is -3.75. The van der Waals surface area contributed by atoms with E-state index in [1.807, 2.05) is 0 Å². The number of sulfonamides is 1. The topological polar surface area (TPSA) is 69.4 Å². The third kappa shape index (κ3) is 3.93. The molecule has 7 heteroatoms. The minimum Gasteiger partial charge on any atom is -0.489 e. The van der Waals surface area contributed by atoms with Gasteiger partial charge in [0.05, 0.1) is 4.90 Å². The summed E-state index contributed by atoms with van der Waals surface area (Å²) in [6.45, 7) is 1.77. The Bertz CT molecular complexity index is 778. The molecule has 0 spiro atoms. The normalized spacial score (nSPS) is 11.4. The lowest BCUT2D eigenvalue weighted by Crippen LogP contribution is -2.12. The van der Waals surface area contributed by atoms with Gasteiger partial charge in [-0.3, -0.25) is 0 Å². The Hall–Kier alpha value is -1.63. The summed E-state index contributed by atoms with van der Waals surface area (Å²) in [6, 6.07) is 8.27. The lowest BCUT2D eigenvalue weighted by Gasteiger charge is -2.11. The SMILES string of the molecule is Cc1cc(S(N)(=O)=O)ccc1OCc1cc(F)ccc1Cl. The van der Waals surface area contributed by atoms with Crippen LogP contribution >= 0.6 is 11.6 Å². The number of benzene rings is 2. The maximum absolute atomic E-state index is 13.1. The summed E-state index contributed by atoms with van der Waals surface area (Å²) >= 11 is 5.94. The molecule has 0 heterocycles. The van der Waals surface area contributed by atoms with Gasteiger partial charge in [-0.1, -0.05) is 11.6 Å². The molecule has 21 heavy (non-hydrogen) atoms. The van der Waals surface area contributed by atoms with E-state index in [0.29, 0.717) is 21.9 Å². The summed E-state index contributed by atoms with van der Waals surface area (Å²) < 4.78 is 41.2. The summed E-state index contributed by atoms with van der Waals surface area (Å²) in [5.74, 6) is 0.0713. The zero-order valence-electron chi connectivity index (χ0n) is 11.1. The number of primary sulfonamides is 1. The predicted molar refractivity (Wildman–Crippen MR) is 78.3 cm³/mol.